The van der Waals surface area contributed by atoms with Gasteiger partial charge in [-0.25, -0.2) is 0 Å². The van der Waals surface area contributed by atoms with Gasteiger partial charge in [0.15, 0.2) is 0 Å². The fourth-order valence-electron chi connectivity index (χ4n) is 12.2. The van der Waals surface area contributed by atoms with E-state index in [9.17, 15) is 19.8 Å². The van der Waals surface area contributed by atoms with E-state index in [1.54, 1.807) is 6.08 Å². The Morgan fingerprint density at radius 2 is 0.566 bits per heavy atom. The molecule has 3 N–H and O–H groups in total. The lowest BCUT2D eigenvalue weighted by Crippen LogP contribution is -2.45. The zero-order chi connectivity index (χ0) is 59.9. The summed E-state index contributed by atoms with van der Waals surface area (Å²) in [6, 6.07) is -0.621. The van der Waals surface area contributed by atoms with Crippen LogP contribution >= 0.6 is 0 Å². The molecule has 0 aliphatic heterocycles. The molecule has 0 saturated carbocycles. The van der Waals surface area contributed by atoms with Gasteiger partial charge in [0.05, 0.1) is 25.4 Å². The van der Waals surface area contributed by atoms with Crippen LogP contribution in [-0.2, 0) is 14.3 Å². The van der Waals surface area contributed by atoms with Crippen molar-refractivity contribution in [3.05, 3.63) is 24.3 Å². The predicted octanol–water partition coefficient (Wildman–Crippen LogP) is 24.9. The number of nitrogens with one attached hydrogen (secondary N) is 1. The van der Waals surface area contributed by atoms with Gasteiger partial charge in [-0.15, -0.1) is 0 Å². The molecule has 0 aromatic rings. The van der Waals surface area contributed by atoms with Gasteiger partial charge in [0, 0.05) is 12.8 Å². The molecule has 0 saturated heterocycles. The topological polar surface area (TPSA) is 95.9 Å². The summed E-state index contributed by atoms with van der Waals surface area (Å²) in [6.07, 6.45) is 93.1. The van der Waals surface area contributed by atoms with E-state index in [0.717, 1.165) is 44.9 Å². The standard InChI is InChI=1S/C77H149NO5/c1-3-5-7-9-11-13-15-16-17-44-47-51-55-59-63-67-71-77(82)83-72-68-64-60-56-52-48-45-42-40-38-36-34-32-30-28-26-24-22-20-18-19-21-23-25-27-29-31-33-35-37-39-41-43-46-50-54-58-62-66-70-76(81)78-74(73-79)75(80)69-65-61-57-53-49-14-12-10-8-6-4-2/h17,44,65,69,74-75,79-80H,3-16,18-43,45-64,66-68,70-73H2,1-2H3,(H,78,81)/b44-17-,69-65+. The molecule has 2 unspecified atom stereocenters. The lowest BCUT2D eigenvalue weighted by atomic mass is 10.0. The number of aliphatic hydroxyl groups excluding tert-OH is 2. The Morgan fingerprint density at radius 3 is 0.855 bits per heavy atom. The molecule has 1 amide bonds. The summed E-state index contributed by atoms with van der Waals surface area (Å²) in [5, 5.41) is 23.1. The quantitative estimate of drug-likeness (QED) is 0.0320. The van der Waals surface area contributed by atoms with Gasteiger partial charge < -0.3 is 20.3 Å². The third-order valence-corrected chi connectivity index (χ3v) is 18.0. The van der Waals surface area contributed by atoms with Crippen molar-refractivity contribution in [2.45, 2.75) is 443 Å². The van der Waals surface area contributed by atoms with Crippen molar-refractivity contribution in [3.8, 4) is 0 Å². The molecule has 0 heterocycles. The second-order valence-electron chi connectivity index (χ2n) is 26.3. The fourth-order valence-corrected chi connectivity index (χ4v) is 12.2. The summed E-state index contributed by atoms with van der Waals surface area (Å²) in [6.45, 7) is 4.92. The number of rotatable bonds is 72. The molecular weight excluding hydrogens is 1020 g/mol. The maximum absolute atomic E-state index is 12.4. The summed E-state index contributed by atoms with van der Waals surface area (Å²) >= 11 is 0. The molecule has 0 bridgehead atoms. The van der Waals surface area contributed by atoms with Gasteiger partial charge in [-0.1, -0.05) is 385 Å². The normalized spacial score (nSPS) is 12.6. The minimum Gasteiger partial charge on any atom is -0.466 e. The lowest BCUT2D eigenvalue weighted by molar-refractivity contribution is -0.143. The Balaban J connectivity index is 3.27. The Labute approximate surface area is 520 Å². The van der Waals surface area contributed by atoms with Gasteiger partial charge in [-0.2, -0.15) is 0 Å². The molecule has 0 aliphatic rings. The van der Waals surface area contributed by atoms with Gasteiger partial charge in [0.1, 0.15) is 0 Å². The first-order valence-corrected chi connectivity index (χ1v) is 38.1. The minimum absolute atomic E-state index is 0.0171. The Bertz CT molecular complexity index is 1300. The maximum Gasteiger partial charge on any atom is 0.305 e. The van der Waals surface area contributed by atoms with E-state index in [-0.39, 0.29) is 18.5 Å². The molecule has 6 nitrogen and oxygen atoms in total. The lowest BCUT2D eigenvalue weighted by Gasteiger charge is -2.20. The number of carbonyl (C=O) groups is 2. The van der Waals surface area contributed by atoms with Crippen LogP contribution in [0.25, 0.3) is 0 Å². The molecule has 0 spiro atoms. The van der Waals surface area contributed by atoms with E-state index < -0.39 is 12.1 Å². The summed E-state index contributed by atoms with van der Waals surface area (Å²) < 4.78 is 5.50. The van der Waals surface area contributed by atoms with Gasteiger partial charge in [-0.3, -0.25) is 9.59 Å². The van der Waals surface area contributed by atoms with E-state index in [0.29, 0.717) is 19.4 Å². The number of hydrogen-bond acceptors (Lipinski definition) is 5. The molecule has 492 valence electrons. The Kier molecular flexibility index (Phi) is 71.4. The SMILES string of the molecule is CCCCCCCCC/C=C\CCCCCCCC(=O)OCCCCCCCCCCCCCCCCCCCCCCCCCCCCCCCCCCCCCCCCCC(=O)NC(CO)C(O)/C=C/CCCCCCCCCCC. The van der Waals surface area contributed by atoms with Gasteiger partial charge in [-0.05, 0) is 57.8 Å². The monoisotopic (exact) mass is 1170 g/mol. The first-order valence-electron chi connectivity index (χ1n) is 38.1. The van der Waals surface area contributed by atoms with Gasteiger partial charge in [0.25, 0.3) is 0 Å². The average molecular weight is 1170 g/mol. The highest BCUT2D eigenvalue weighted by molar-refractivity contribution is 5.76. The Morgan fingerprint density at radius 1 is 0.325 bits per heavy atom. The molecule has 83 heavy (non-hydrogen) atoms. The van der Waals surface area contributed by atoms with E-state index >= 15 is 0 Å². The summed E-state index contributed by atoms with van der Waals surface area (Å²) in [7, 11) is 0. The molecular formula is C77H149NO5. The number of esters is 1. The van der Waals surface area contributed by atoms with Crippen LogP contribution in [0.1, 0.15) is 431 Å². The summed E-state index contributed by atoms with van der Waals surface area (Å²) in [4.78, 5) is 24.5. The highest BCUT2D eigenvalue weighted by atomic mass is 16.5. The zero-order valence-corrected chi connectivity index (χ0v) is 56.5. The fraction of sp³-hybridized carbons (Fsp3) is 0.922. The highest BCUT2D eigenvalue weighted by Gasteiger charge is 2.18. The van der Waals surface area contributed by atoms with Crippen LogP contribution in [0, 0.1) is 0 Å². The van der Waals surface area contributed by atoms with Crippen molar-refractivity contribution in [2.24, 2.45) is 0 Å². The van der Waals surface area contributed by atoms with Crippen molar-refractivity contribution in [1.82, 2.24) is 5.32 Å². The highest BCUT2D eigenvalue weighted by Crippen LogP contribution is 2.20. The van der Waals surface area contributed by atoms with Gasteiger partial charge >= 0.3 is 5.97 Å². The van der Waals surface area contributed by atoms with E-state index in [4.69, 9.17) is 4.74 Å². The summed E-state index contributed by atoms with van der Waals surface area (Å²) in [5.41, 5.74) is 0. The third-order valence-electron chi connectivity index (χ3n) is 18.0. The largest absolute Gasteiger partial charge is 0.466 e. The number of aliphatic hydroxyl groups is 2. The molecule has 0 fully saturated rings. The molecule has 0 rings (SSSR count). The molecule has 2 atom stereocenters. The molecule has 0 aromatic carbocycles. The Hall–Kier alpha value is -1.66. The number of unbranched alkanes of at least 4 members (excludes halogenated alkanes) is 59. The van der Waals surface area contributed by atoms with Crippen molar-refractivity contribution >= 4 is 11.9 Å². The third kappa shape index (κ3) is 69.3. The smallest absolute Gasteiger partial charge is 0.305 e. The second-order valence-corrected chi connectivity index (χ2v) is 26.3. The number of hydrogen-bond donors (Lipinski definition) is 3. The van der Waals surface area contributed by atoms with Crippen LogP contribution < -0.4 is 5.32 Å². The first kappa shape index (κ1) is 81.3. The van der Waals surface area contributed by atoms with E-state index in [1.807, 2.05) is 6.08 Å². The minimum atomic E-state index is -0.838. The molecule has 0 aromatic heterocycles. The first-order chi connectivity index (χ1) is 41.0. The van der Waals surface area contributed by atoms with Crippen molar-refractivity contribution in [2.75, 3.05) is 13.2 Å². The number of ether oxygens (including phenoxy) is 1. The molecule has 6 heteroatoms. The zero-order valence-electron chi connectivity index (χ0n) is 56.5. The van der Waals surface area contributed by atoms with Gasteiger partial charge in [0.2, 0.25) is 5.91 Å². The van der Waals surface area contributed by atoms with Crippen LogP contribution in [0.3, 0.4) is 0 Å². The van der Waals surface area contributed by atoms with E-state index in [1.165, 1.54) is 360 Å². The van der Waals surface area contributed by atoms with Crippen LogP contribution in [0.2, 0.25) is 0 Å². The van der Waals surface area contributed by atoms with E-state index in [2.05, 4.69) is 31.3 Å². The number of allylic oxidation sites excluding steroid dienone is 3. The number of carbonyl (C=O) groups excluding carboxylic acids is 2. The van der Waals surface area contributed by atoms with Crippen molar-refractivity contribution in [1.29, 1.82) is 0 Å². The van der Waals surface area contributed by atoms with Crippen LogP contribution in [0.4, 0.5) is 0 Å². The molecule has 0 aliphatic carbocycles. The average Bonchev–Trinajstić information content (AvgIpc) is 3.49. The summed E-state index contributed by atoms with van der Waals surface area (Å²) in [5.74, 6) is -0.0440. The van der Waals surface area contributed by atoms with Crippen molar-refractivity contribution < 1.29 is 24.5 Å². The van der Waals surface area contributed by atoms with Crippen LogP contribution in [0.15, 0.2) is 24.3 Å². The molecule has 0 radical (unpaired) electrons. The number of amides is 1. The van der Waals surface area contributed by atoms with Crippen molar-refractivity contribution in [3.63, 3.8) is 0 Å². The predicted molar refractivity (Wildman–Crippen MR) is 366 cm³/mol. The second kappa shape index (κ2) is 72.8. The van der Waals surface area contributed by atoms with Crippen LogP contribution in [0.5, 0.6) is 0 Å². The van der Waals surface area contributed by atoms with Crippen LogP contribution in [-0.4, -0.2) is 47.4 Å². The maximum atomic E-state index is 12.4.